The van der Waals surface area contributed by atoms with Crippen molar-refractivity contribution >= 4 is 5.78 Å². The molecule has 0 fully saturated rings. The van der Waals surface area contributed by atoms with Crippen molar-refractivity contribution in [3.8, 4) is 5.75 Å². The van der Waals surface area contributed by atoms with Crippen LogP contribution in [0.2, 0.25) is 0 Å². The number of ketones is 1. The molecule has 0 aliphatic carbocycles. The van der Waals surface area contributed by atoms with Crippen LogP contribution in [0.5, 0.6) is 5.75 Å². The van der Waals surface area contributed by atoms with Gasteiger partial charge in [0.1, 0.15) is 5.75 Å². The summed E-state index contributed by atoms with van der Waals surface area (Å²) in [6.45, 7) is 2.38. The molecule has 0 atom stereocenters. The van der Waals surface area contributed by atoms with E-state index >= 15 is 0 Å². The lowest BCUT2D eigenvalue weighted by Gasteiger charge is -2.01. The van der Waals surface area contributed by atoms with Crippen LogP contribution in [0.25, 0.3) is 0 Å². The van der Waals surface area contributed by atoms with Gasteiger partial charge in [-0.05, 0) is 36.8 Å². The molecule has 0 saturated carbocycles. The number of Topliss-reactive ketones (excluding diaryl/α,β-unsaturated/α-hetero) is 1. The first-order valence-electron chi connectivity index (χ1n) is 5.82. The Kier molecular flexibility index (Phi) is 5.70. The van der Waals surface area contributed by atoms with Gasteiger partial charge in [-0.3, -0.25) is 4.79 Å². The number of nitrogens with zero attached hydrogens (tertiary/aromatic N) is 1. The minimum absolute atomic E-state index is 0. The summed E-state index contributed by atoms with van der Waals surface area (Å²) in [5.74, 6) is 0.848. The summed E-state index contributed by atoms with van der Waals surface area (Å²) in [7, 11) is 1.61. The Bertz CT molecular complexity index is 535. The molecule has 0 aliphatic heterocycles. The number of pyridine rings is 1. The number of aryl methyl sites for hydroxylation is 1. The summed E-state index contributed by atoms with van der Waals surface area (Å²) < 4.78 is 6.94. The zero-order valence-electron chi connectivity index (χ0n) is 11.0. The van der Waals surface area contributed by atoms with Crippen LogP contribution < -0.4 is 26.3 Å². The van der Waals surface area contributed by atoms with Crippen LogP contribution in [0.4, 0.5) is 0 Å². The van der Waals surface area contributed by atoms with Gasteiger partial charge in [0.05, 0.1) is 7.11 Å². The van der Waals surface area contributed by atoms with Crippen molar-refractivity contribution in [3.05, 3.63) is 59.9 Å². The molecule has 19 heavy (non-hydrogen) atoms. The van der Waals surface area contributed by atoms with Crippen molar-refractivity contribution in [2.75, 3.05) is 7.11 Å². The summed E-state index contributed by atoms with van der Waals surface area (Å²) in [5.41, 5.74) is 1.88. The van der Waals surface area contributed by atoms with Crippen molar-refractivity contribution < 1.29 is 31.1 Å². The Morgan fingerprint density at radius 2 is 1.68 bits per heavy atom. The number of methoxy groups -OCH3 is 1. The molecule has 1 aromatic heterocycles. The van der Waals surface area contributed by atoms with Gasteiger partial charge in [0.25, 0.3) is 0 Å². The molecule has 0 unspecified atom stereocenters. The summed E-state index contributed by atoms with van der Waals surface area (Å²) in [6.07, 6.45) is 3.83. The van der Waals surface area contributed by atoms with Crippen molar-refractivity contribution in [1.82, 2.24) is 0 Å². The van der Waals surface area contributed by atoms with Gasteiger partial charge in [-0.1, -0.05) is 0 Å². The Morgan fingerprint density at radius 1 is 1.11 bits per heavy atom. The van der Waals surface area contributed by atoms with Crippen molar-refractivity contribution in [1.29, 1.82) is 0 Å². The molecule has 100 valence electrons. The zero-order chi connectivity index (χ0) is 13.0. The molecular formula is C15H16BrNO2. The molecule has 0 amide bonds. The van der Waals surface area contributed by atoms with Crippen LogP contribution in [0, 0.1) is 6.92 Å². The molecule has 2 aromatic rings. The van der Waals surface area contributed by atoms with Crippen LogP contribution >= 0.6 is 0 Å². The fraction of sp³-hybridized carbons (Fsp3) is 0.200. The molecule has 0 spiro atoms. The first-order chi connectivity index (χ1) is 8.69. The third-order valence-electron chi connectivity index (χ3n) is 2.80. The predicted octanol–water partition coefficient (Wildman–Crippen LogP) is -0.822. The van der Waals surface area contributed by atoms with Crippen LogP contribution in [0.15, 0.2) is 48.8 Å². The van der Waals surface area contributed by atoms with Gasteiger partial charge < -0.3 is 21.7 Å². The summed E-state index contributed by atoms with van der Waals surface area (Å²) in [6, 6.07) is 11.1. The highest BCUT2D eigenvalue weighted by molar-refractivity contribution is 5.95. The van der Waals surface area contributed by atoms with Gasteiger partial charge in [-0.2, -0.15) is 4.57 Å². The number of carbonyl (C=O) groups excluding carboxylic acids is 1. The summed E-state index contributed by atoms with van der Waals surface area (Å²) >= 11 is 0. The second kappa shape index (κ2) is 7.04. The number of carbonyl (C=O) groups is 1. The number of ether oxygens (including phenoxy) is 1. The predicted molar refractivity (Wildman–Crippen MR) is 68.7 cm³/mol. The minimum atomic E-state index is 0. The Morgan fingerprint density at radius 3 is 2.21 bits per heavy atom. The van der Waals surface area contributed by atoms with Gasteiger partial charge >= 0.3 is 0 Å². The van der Waals surface area contributed by atoms with E-state index in [9.17, 15) is 4.79 Å². The SMILES string of the molecule is COc1ccc(C(=O)C[n+]2ccc(C)cc2)cc1.[Br-]. The summed E-state index contributed by atoms with van der Waals surface area (Å²) in [5, 5.41) is 0. The van der Waals surface area contributed by atoms with E-state index in [1.807, 2.05) is 36.0 Å². The van der Waals surface area contributed by atoms with Gasteiger partial charge in [-0.15, -0.1) is 0 Å². The highest BCUT2D eigenvalue weighted by atomic mass is 79.9. The topological polar surface area (TPSA) is 30.2 Å². The van der Waals surface area contributed by atoms with Crippen molar-refractivity contribution in [2.24, 2.45) is 0 Å². The molecule has 4 heteroatoms. The number of hydrogen-bond donors (Lipinski definition) is 0. The third-order valence-corrected chi connectivity index (χ3v) is 2.80. The Labute approximate surface area is 123 Å². The molecule has 0 bridgehead atoms. The monoisotopic (exact) mass is 321 g/mol. The molecule has 3 nitrogen and oxygen atoms in total. The van der Waals surface area contributed by atoms with Gasteiger partial charge in [0.2, 0.25) is 12.3 Å². The maximum absolute atomic E-state index is 12.0. The number of aromatic nitrogens is 1. The lowest BCUT2D eigenvalue weighted by molar-refractivity contribution is -0.683. The normalized spacial score (nSPS) is 9.58. The van der Waals surface area contributed by atoms with Crippen LogP contribution in [0.3, 0.4) is 0 Å². The van der Waals surface area contributed by atoms with E-state index in [1.165, 1.54) is 5.56 Å². The molecule has 0 saturated heterocycles. The van der Waals surface area contributed by atoms with E-state index in [0.717, 1.165) is 5.75 Å². The van der Waals surface area contributed by atoms with Crippen LogP contribution in [-0.2, 0) is 6.54 Å². The first kappa shape index (κ1) is 15.4. The minimum Gasteiger partial charge on any atom is -1.00 e. The average Bonchev–Trinajstić information content (AvgIpc) is 2.41. The van der Waals surface area contributed by atoms with Crippen molar-refractivity contribution in [3.63, 3.8) is 0 Å². The highest BCUT2D eigenvalue weighted by Crippen LogP contribution is 2.11. The molecule has 0 N–H and O–H groups in total. The molecule has 0 radical (unpaired) electrons. The highest BCUT2D eigenvalue weighted by Gasteiger charge is 2.11. The summed E-state index contributed by atoms with van der Waals surface area (Å²) in [4.78, 5) is 12.0. The van der Waals surface area contributed by atoms with E-state index in [4.69, 9.17) is 4.74 Å². The second-order valence-electron chi connectivity index (χ2n) is 4.20. The standard InChI is InChI=1S/C15H16NO2.BrH/c1-12-7-9-16(10-8-12)11-15(17)13-3-5-14(18-2)6-4-13;/h3-10H,11H2,1-2H3;1H/q+1;/p-1. The first-order valence-corrected chi connectivity index (χ1v) is 5.82. The molecule has 1 heterocycles. The lowest BCUT2D eigenvalue weighted by atomic mass is 10.1. The van der Waals surface area contributed by atoms with E-state index in [2.05, 4.69) is 0 Å². The molecule has 1 aromatic carbocycles. The largest absolute Gasteiger partial charge is 1.00 e. The van der Waals surface area contributed by atoms with E-state index in [1.54, 1.807) is 31.4 Å². The zero-order valence-corrected chi connectivity index (χ0v) is 12.6. The maximum Gasteiger partial charge on any atom is 0.227 e. The molecular weight excluding hydrogens is 306 g/mol. The smallest absolute Gasteiger partial charge is 0.227 e. The molecule has 2 rings (SSSR count). The Hall–Kier alpha value is -1.68. The van der Waals surface area contributed by atoms with E-state index in [-0.39, 0.29) is 22.8 Å². The van der Waals surface area contributed by atoms with Crippen LogP contribution in [0.1, 0.15) is 15.9 Å². The second-order valence-corrected chi connectivity index (χ2v) is 4.20. The van der Waals surface area contributed by atoms with Gasteiger partial charge in [0.15, 0.2) is 12.4 Å². The fourth-order valence-electron chi connectivity index (χ4n) is 1.67. The fourth-order valence-corrected chi connectivity index (χ4v) is 1.67. The number of benzene rings is 1. The van der Waals surface area contributed by atoms with E-state index < -0.39 is 0 Å². The number of halogens is 1. The number of hydrogen-bond acceptors (Lipinski definition) is 2. The van der Waals surface area contributed by atoms with Crippen LogP contribution in [-0.4, -0.2) is 12.9 Å². The van der Waals surface area contributed by atoms with E-state index in [0.29, 0.717) is 12.1 Å². The van der Waals surface area contributed by atoms with Gasteiger partial charge in [-0.25, -0.2) is 0 Å². The Balaban J connectivity index is 0.00000180. The van der Waals surface area contributed by atoms with Gasteiger partial charge in [0, 0.05) is 17.7 Å². The number of rotatable bonds is 4. The third kappa shape index (κ3) is 4.17. The van der Waals surface area contributed by atoms with Crippen molar-refractivity contribution in [2.45, 2.75) is 13.5 Å². The average molecular weight is 322 g/mol. The maximum atomic E-state index is 12.0. The quantitative estimate of drug-likeness (QED) is 0.544. The lowest BCUT2D eigenvalue weighted by Crippen LogP contribution is -3.00. The molecule has 0 aliphatic rings.